The molecule has 0 unspecified atom stereocenters. The Morgan fingerprint density at radius 3 is 2.38 bits per heavy atom. The lowest BCUT2D eigenvalue weighted by Gasteiger charge is -2.21. The zero-order valence-corrected chi connectivity index (χ0v) is 15.1. The fourth-order valence-electron chi connectivity index (χ4n) is 2.26. The van der Waals surface area contributed by atoms with E-state index in [2.05, 4.69) is 4.72 Å². The highest BCUT2D eigenvalue weighted by molar-refractivity contribution is 7.89. The number of hydrogen-bond donors (Lipinski definition) is 1. The molecule has 0 heterocycles. The standard InChI is InChI=1S/C17H19ClN2O3S/c1-3-20(12-13-5-4-6-15(18)11-13)17(21)14-7-9-16(10-8-14)24(22,23)19-2/h4-11,19H,3,12H2,1-2H3. The third-order valence-electron chi connectivity index (χ3n) is 3.61. The van der Waals surface area contributed by atoms with Crippen LogP contribution in [0.1, 0.15) is 22.8 Å². The predicted molar refractivity (Wildman–Crippen MR) is 94.6 cm³/mol. The normalized spacial score (nSPS) is 11.3. The first-order valence-corrected chi connectivity index (χ1v) is 9.31. The topological polar surface area (TPSA) is 66.5 Å². The van der Waals surface area contributed by atoms with Crippen LogP contribution in [0.2, 0.25) is 5.02 Å². The van der Waals surface area contributed by atoms with E-state index in [1.165, 1.54) is 31.3 Å². The fourth-order valence-corrected chi connectivity index (χ4v) is 3.20. The van der Waals surface area contributed by atoms with Crippen molar-refractivity contribution in [2.45, 2.75) is 18.4 Å². The smallest absolute Gasteiger partial charge is 0.254 e. The Balaban J connectivity index is 2.19. The fraction of sp³-hybridized carbons (Fsp3) is 0.235. The molecule has 7 heteroatoms. The third kappa shape index (κ3) is 4.35. The van der Waals surface area contributed by atoms with Crippen LogP contribution in [0, 0.1) is 0 Å². The van der Waals surface area contributed by atoms with Crippen LogP contribution >= 0.6 is 11.6 Å². The molecule has 5 nitrogen and oxygen atoms in total. The molecule has 2 rings (SSSR count). The second-order valence-corrected chi connectivity index (χ2v) is 7.50. The van der Waals surface area contributed by atoms with Gasteiger partial charge in [-0.05, 0) is 55.9 Å². The summed E-state index contributed by atoms with van der Waals surface area (Å²) in [5, 5.41) is 0.623. The Bertz CT molecular complexity index is 820. The van der Waals surface area contributed by atoms with Gasteiger partial charge in [-0.25, -0.2) is 13.1 Å². The van der Waals surface area contributed by atoms with E-state index in [0.29, 0.717) is 23.7 Å². The number of halogens is 1. The zero-order chi connectivity index (χ0) is 17.7. The number of benzene rings is 2. The minimum absolute atomic E-state index is 0.124. The Morgan fingerprint density at radius 2 is 1.83 bits per heavy atom. The number of carbonyl (C=O) groups excluding carboxylic acids is 1. The number of nitrogens with one attached hydrogen (secondary N) is 1. The summed E-state index contributed by atoms with van der Waals surface area (Å²) in [6.45, 7) is 2.86. The van der Waals surface area contributed by atoms with Gasteiger partial charge in [-0.2, -0.15) is 0 Å². The summed E-state index contributed by atoms with van der Waals surface area (Å²) < 4.78 is 25.7. The molecule has 0 radical (unpaired) electrons. The maximum Gasteiger partial charge on any atom is 0.254 e. The highest BCUT2D eigenvalue weighted by Crippen LogP contribution is 2.16. The lowest BCUT2D eigenvalue weighted by molar-refractivity contribution is 0.0752. The van der Waals surface area contributed by atoms with Crippen LogP contribution in [0.15, 0.2) is 53.4 Å². The van der Waals surface area contributed by atoms with Crippen molar-refractivity contribution < 1.29 is 13.2 Å². The summed E-state index contributed by atoms with van der Waals surface area (Å²) in [7, 11) is -2.16. The molecule has 2 aromatic rings. The van der Waals surface area contributed by atoms with Crippen molar-refractivity contribution in [3.05, 3.63) is 64.7 Å². The molecule has 0 fully saturated rings. The summed E-state index contributed by atoms with van der Waals surface area (Å²) in [5.74, 6) is -0.161. The number of sulfonamides is 1. The summed E-state index contributed by atoms with van der Waals surface area (Å²) in [5.41, 5.74) is 1.38. The zero-order valence-electron chi connectivity index (χ0n) is 13.5. The summed E-state index contributed by atoms with van der Waals surface area (Å²) in [6, 6.07) is 13.2. The maximum atomic E-state index is 12.6. The first-order valence-electron chi connectivity index (χ1n) is 7.44. The van der Waals surface area contributed by atoms with Gasteiger partial charge in [-0.15, -0.1) is 0 Å². The lowest BCUT2D eigenvalue weighted by Crippen LogP contribution is -2.30. The first kappa shape index (κ1) is 18.4. The number of rotatable bonds is 6. The molecule has 0 aliphatic rings. The van der Waals surface area contributed by atoms with Gasteiger partial charge in [0.05, 0.1) is 4.90 Å². The van der Waals surface area contributed by atoms with Gasteiger partial charge in [0.2, 0.25) is 10.0 Å². The predicted octanol–water partition coefficient (Wildman–Crippen LogP) is 2.91. The van der Waals surface area contributed by atoms with E-state index in [1.54, 1.807) is 11.0 Å². The van der Waals surface area contributed by atoms with Crippen LogP contribution in [0.5, 0.6) is 0 Å². The van der Waals surface area contributed by atoms with Gasteiger partial charge < -0.3 is 4.90 Å². The number of nitrogens with zero attached hydrogens (tertiary/aromatic N) is 1. The van der Waals surface area contributed by atoms with Crippen molar-refractivity contribution in [3.63, 3.8) is 0 Å². The van der Waals surface area contributed by atoms with Gasteiger partial charge in [0.1, 0.15) is 0 Å². The van der Waals surface area contributed by atoms with E-state index in [9.17, 15) is 13.2 Å². The molecule has 0 spiro atoms. The molecule has 0 saturated heterocycles. The molecular weight excluding hydrogens is 348 g/mol. The van der Waals surface area contributed by atoms with Gasteiger partial charge in [0, 0.05) is 23.7 Å². The van der Waals surface area contributed by atoms with Crippen molar-refractivity contribution in [3.8, 4) is 0 Å². The van der Waals surface area contributed by atoms with E-state index in [4.69, 9.17) is 11.6 Å². The second-order valence-electron chi connectivity index (χ2n) is 5.18. The van der Waals surface area contributed by atoms with E-state index < -0.39 is 10.0 Å². The van der Waals surface area contributed by atoms with Crippen LogP contribution in [0.4, 0.5) is 0 Å². The van der Waals surface area contributed by atoms with E-state index in [1.807, 2.05) is 25.1 Å². The van der Waals surface area contributed by atoms with Crippen molar-refractivity contribution in [1.82, 2.24) is 9.62 Å². The number of hydrogen-bond acceptors (Lipinski definition) is 3. The van der Waals surface area contributed by atoms with Crippen LogP contribution in [0.25, 0.3) is 0 Å². The Labute approximate surface area is 147 Å². The van der Waals surface area contributed by atoms with Gasteiger partial charge in [0.25, 0.3) is 5.91 Å². The molecule has 24 heavy (non-hydrogen) atoms. The molecular formula is C17H19ClN2O3S. The number of amides is 1. The van der Waals surface area contributed by atoms with Crippen LogP contribution < -0.4 is 4.72 Å². The highest BCUT2D eigenvalue weighted by atomic mass is 35.5. The third-order valence-corrected chi connectivity index (χ3v) is 5.28. The number of carbonyl (C=O) groups is 1. The maximum absolute atomic E-state index is 12.6. The van der Waals surface area contributed by atoms with Crippen LogP contribution in [-0.2, 0) is 16.6 Å². The van der Waals surface area contributed by atoms with Crippen molar-refractivity contribution >= 4 is 27.5 Å². The molecule has 0 atom stereocenters. The molecule has 0 aliphatic heterocycles. The van der Waals surface area contributed by atoms with Gasteiger partial charge in [-0.1, -0.05) is 23.7 Å². The summed E-state index contributed by atoms with van der Waals surface area (Å²) >= 11 is 5.98. The minimum Gasteiger partial charge on any atom is -0.335 e. The van der Waals surface area contributed by atoms with Crippen LogP contribution in [0.3, 0.4) is 0 Å². The van der Waals surface area contributed by atoms with Crippen molar-refractivity contribution in [1.29, 1.82) is 0 Å². The van der Waals surface area contributed by atoms with Crippen molar-refractivity contribution in [2.24, 2.45) is 0 Å². The molecule has 1 N–H and O–H groups in total. The largest absolute Gasteiger partial charge is 0.335 e. The lowest BCUT2D eigenvalue weighted by atomic mass is 10.1. The van der Waals surface area contributed by atoms with Crippen LogP contribution in [-0.4, -0.2) is 32.8 Å². The summed E-state index contributed by atoms with van der Waals surface area (Å²) in [6.07, 6.45) is 0. The van der Waals surface area contributed by atoms with Gasteiger partial charge >= 0.3 is 0 Å². The molecule has 0 bridgehead atoms. The molecule has 1 amide bonds. The SMILES string of the molecule is CCN(Cc1cccc(Cl)c1)C(=O)c1ccc(S(=O)(=O)NC)cc1. The van der Waals surface area contributed by atoms with Crippen molar-refractivity contribution in [2.75, 3.05) is 13.6 Å². The quantitative estimate of drug-likeness (QED) is 0.854. The highest BCUT2D eigenvalue weighted by Gasteiger charge is 2.17. The monoisotopic (exact) mass is 366 g/mol. The first-order chi connectivity index (χ1) is 11.4. The molecule has 0 aromatic heterocycles. The summed E-state index contributed by atoms with van der Waals surface area (Å²) in [4.78, 5) is 14.4. The van der Waals surface area contributed by atoms with Gasteiger partial charge in [-0.3, -0.25) is 4.79 Å². The van der Waals surface area contributed by atoms with E-state index >= 15 is 0 Å². The molecule has 2 aromatic carbocycles. The Kier molecular flexibility index (Phi) is 5.99. The Morgan fingerprint density at radius 1 is 1.17 bits per heavy atom. The Hall–Kier alpha value is -1.89. The molecule has 0 aliphatic carbocycles. The molecule has 128 valence electrons. The molecule has 0 saturated carbocycles. The average molecular weight is 367 g/mol. The van der Waals surface area contributed by atoms with E-state index in [-0.39, 0.29) is 10.8 Å². The average Bonchev–Trinajstić information content (AvgIpc) is 2.59. The second kappa shape index (κ2) is 7.79. The minimum atomic E-state index is -3.51. The van der Waals surface area contributed by atoms with Gasteiger partial charge in [0.15, 0.2) is 0 Å². The van der Waals surface area contributed by atoms with E-state index in [0.717, 1.165) is 5.56 Å².